The molecule has 1 saturated heterocycles. The summed E-state index contributed by atoms with van der Waals surface area (Å²) < 4.78 is 11.1. The highest BCUT2D eigenvalue weighted by atomic mass is 35.5. The molecule has 3 aromatic rings. The molecular weight excluding hydrogens is 442 g/mol. The second-order valence-electron chi connectivity index (χ2n) is 8.32. The highest BCUT2D eigenvalue weighted by Gasteiger charge is 2.30. The Morgan fingerprint density at radius 2 is 1.64 bits per heavy atom. The number of amides is 2. The van der Waals surface area contributed by atoms with Crippen molar-refractivity contribution >= 4 is 34.8 Å². The van der Waals surface area contributed by atoms with Crippen molar-refractivity contribution in [3.63, 3.8) is 0 Å². The molecule has 1 N–H and O–H groups in total. The summed E-state index contributed by atoms with van der Waals surface area (Å²) in [6, 6.07) is 18.0. The van der Waals surface area contributed by atoms with Crippen molar-refractivity contribution in [3.8, 4) is 5.75 Å². The van der Waals surface area contributed by atoms with Gasteiger partial charge in [-0.1, -0.05) is 11.6 Å². The molecule has 1 aliphatic heterocycles. The van der Waals surface area contributed by atoms with Crippen molar-refractivity contribution in [2.45, 2.75) is 19.4 Å². The number of hydrogen-bond acceptors (Lipinski definition) is 5. The van der Waals surface area contributed by atoms with E-state index in [1.807, 2.05) is 24.3 Å². The number of nitrogens with zero attached hydrogens (tertiary/aromatic N) is 2. The van der Waals surface area contributed by atoms with E-state index in [4.69, 9.17) is 20.8 Å². The summed E-state index contributed by atoms with van der Waals surface area (Å²) in [4.78, 5) is 29.2. The van der Waals surface area contributed by atoms with Crippen LogP contribution in [-0.4, -0.2) is 48.5 Å². The first-order chi connectivity index (χ1) is 15.8. The van der Waals surface area contributed by atoms with E-state index in [-0.39, 0.29) is 11.8 Å². The van der Waals surface area contributed by atoms with Gasteiger partial charge < -0.3 is 24.3 Å². The molecule has 1 aliphatic rings. The summed E-state index contributed by atoms with van der Waals surface area (Å²) in [5.74, 6) is 0.600. The molecule has 1 fully saturated rings. The van der Waals surface area contributed by atoms with E-state index in [2.05, 4.69) is 10.2 Å². The lowest BCUT2D eigenvalue weighted by Gasteiger charge is -2.35. The minimum Gasteiger partial charge on any atom is -0.478 e. The molecule has 172 valence electrons. The number of halogens is 1. The lowest BCUT2D eigenvalue weighted by molar-refractivity contribution is -0.128. The van der Waals surface area contributed by atoms with Crippen LogP contribution < -0.4 is 15.0 Å². The summed E-state index contributed by atoms with van der Waals surface area (Å²) in [6.07, 6.45) is 1.51. The van der Waals surface area contributed by atoms with Gasteiger partial charge >= 0.3 is 0 Å². The van der Waals surface area contributed by atoms with E-state index in [1.54, 1.807) is 55.1 Å². The van der Waals surface area contributed by atoms with Gasteiger partial charge in [0.1, 0.15) is 5.75 Å². The monoisotopic (exact) mass is 467 g/mol. The molecule has 7 nitrogen and oxygen atoms in total. The second kappa shape index (κ2) is 9.58. The fourth-order valence-electron chi connectivity index (χ4n) is 3.60. The van der Waals surface area contributed by atoms with Crippen LogP contribution in [0.5, 0.6) is 5.75 Å². The third-order valence-electron chi connectivity index (χ3n) is 5.52. The number of hydrogen-bond donors (Lipinski definition) is 1. The molecule has 8 heteroatoms. The maximum atomic E-state index is 12.8. The van der Waals surface area contributed by atoms with E-state index >= 15 is 0 Å². The fourth-order valence-corrected chi connectivity index (χ4v) is 3.73. The van der Waals surface area contributed by atoms with Gasteiger partial charge in [-0.05, 0) is 74.5 Å². The molecule has 2 aromatic carbocycles. The van der Waals surface area contributed by atoms with Gasteiger partial charge in [0, 0.05) is 42.6 Å². The van der Waals surface area contributed by atoms with E-state index < -0.39 is 5.60 Å². The smallest absolute Gasteiger partial charge is 0.289 e. The highest BCUT2D eigenvalue weighted by molar-refractivity contribution is 6.30. The first-order valence-corrected chi connectivity index (χ1v) is 11.1. The van der Waals surface area contributed by atoms with Gasteiger partial charge in [-0.3, -0.25) is 9.59 Å². The van der Waals surface area contributed by atoms with Crippen LogP contribution in [-0.2, 0) is 4.79 Å². The third-order valence-corrected chi connectivity index (χ3v) is 5.77. The number of carbonyl (C=O) groups is 2. The Balaban J connectivity index is 1.31. The molecule has 0 saturated carbocycles. The molecule has 1 aromatic heterocycles. The Morgan fingerprint density at radius 1 is 0.970 bits per heavy atom. The van der Waals surface area contributed by atoms with Crippen LogP contribution in [0.1, 0.15) is 24.4 Å². The molecule has 0 bridgehead atoms. The zero-order valence-electron chi connectivity index (χ0n) is 18.6. The minimum absolute atomic E-state index is 0.0823. The standard InChI is InChI=1S/C25H26ClN3O4/c1-25(2,33-21-11-5-18(26)6-12-21)24(31)27-19-7-9-20(10-8-19)28-13-15-29(16-14-28)23(30)22-4-3-17-32-22/h3-12,17H,13-16H2,1-2H3,(H,27,31). The zero-order chi connectivity index (χ0) is 23.4. The molecule has 2 amide bonds. The zero-order valence-corrected chi connectivity index (χ0v) is 19.3. The normalized spacial score (nSPS) is 14.2. The first kappa shape index (κ1) is 22.7. The summed E-state index contributed by atoms with van der Waals surface area (Å²) in [5, 5.41) is 3.52. The molecule has 4 rings (SSSR count). The minimum atomic E-state index is -1.07. The van der Waals surface area contributed by atoms with Crippen LogP contribution in [0.2, 0.25) is 5.02 Å². The van der Waals surface area contributed by atoms with Gasteiger partial charge in [-0.25, -0.2) is 0 Å². The Bertz CT molecular complexity index is 1090. The number of piperazine rings is 1. The van der Waals surface area contributed by atoms with Gasteiger partial charge in [0.25, 0.3) is 11.8 Å². The molecular formula is C25H26ClN3O4. The van der Waals surface area contributed by atoms with Crippen molar-refractivity contribution in [2.75, 3.05) is 36.4 Å². The van der Waals surface area contributed by atoms with Crippen LogP contribution in [0, 0.1) is 0 Å². The largest absolute Gasteiger partial charge is 0.478 e. The van der Waals surface area contributed by atoms with Crippen molar-refractivity contribution < 1.29 is 18.7 Å². The van der Waals surface area contributed by atoms with Crippen molar-refractivity contribution in [1.82, 2.24) is 4.90 Å². The van der Waals surface area contributed by atoms with Gasteiger partial charge in [0.2, 0.25) is 0 Å². The van der Waals surface area contributed by atoms with Crippen molar-refractivity contribution in [3.05, 3.63) is 77.7 Å². The summed E-state index contributed by atoms with van der Waals surface area (Å²) in [6.45, 7) is 6.12. The molecule has 0 aliphatic carbocycles. The van der Waals surface area contributed by atoms with Crippen molar-refractivity contribution in [1.29, 1.82) is 0 Å². The molecule has 0 radical (unpaired) electrons. The average molecular weight is 468 g/mol. The molecule has 0 spiro atoms. The Labute approximate surface area is 197 Å². The predicted octanol–water partition coefficient (Wildman–Crippen LogP) is 4.69. The van der Waals surface area contributed by atoms with Gasteiger partial charge in [0.05, 0.1) is 6.26 Å². The maximum Gasteiger partial charge on any atom is 0.289 e. The molecule has 0 atom stereocenters. The van der Waals surface area contributed by atoms with Gasteiger partial charge in [0.15, 0.2) is 11.4 Å². The first-order valence-electron chi connectivity index (χ1n) is 10.8. The Hall–Kier alpha value is -3.45. The van der Waals surface area contributed by atoms with Gasteiger partial charge in [-0.2, -0.15) is 0 Å². The lowest BCUT2D eigenvalue weighted by Crippen LogP contribution is -2.48. The number of anilines is 2. The van der Waals surface area contributed by atoms with Crippen LogP contribution in [0.25, 0.3) is 0 Å². The van der Waals surface area contributed by atoms with E-state index in [1.165, 1.54) is 6.26 Å². The number of benzene rings is 2. The van der Waals surface area contributed by atoms with Crippen LogP contribution in [0.3, 0.4) is 0 Å². The van der Waals surface area contributed by atoms with E-state index in [0.29, 0.717) is 35.3 Å². The Morgan fingerprint density at radius 3 is 2.24 bits per heavy atom. The predicted molar refractivity (Wildman–Crippen MR) is 128 cm³/mol. The van der Waals surface area contributed by atoms with E-state index in [0.717, 1.165) is 18.8 Å². The van der Waals surface area contributed by atoms with Crippen LogP contribution in [0.4, 0.5) is 11.4 Å². The number of nitrogens with one attached hydrogen (secondary N) is 1. The number of furan rings is 1. The molecule has 0 unspecified atom stereocenters. The molecule has 33 heavy (non-hydrogen) atoms. The summed E-state index contributed by atoms with van der Waals surface area (Å²) in [7, 11) is 0. The quantitative estimate of drug-likeness (QED) is 0.569. The maximum absolute atomic E-state index is 12.8. The number of rotatable bonds is 6. The number of carbonyl (C=O) groups excluding carboxylic acids is 2. The van der Waals surface area contributed by atoms with E-state index in [9.17, 15) is 9.59 Å². The SMILES string of the molecule is CC(C)(Oc1ccc(Cl)cc1)C(=O)Nc1ccc(N2CCN(C(=O)c3ccco3)CC2)cc1. The summed E-state index contributed by atoms with van der Waals surface area (Å²) >= 11 is 5.90. The van der Waals surface area contributed by atoms with Crippen molar-refractivity contribution in [2.24, 2.45) is 0 Å². The average Bonchev–Trinajstić information content (AvgIpc) is 3.36. The summed E-state index contributed by atoms with van der Waals surface area (Å²) in [5.41, 5.74) is 0.654. The van der Waals surface area contributed by atoms with Crippen LogP contribution in [0.15, 0.2) is 71.3 Å². The highest BCUT2D eigenvalue weighted by Crippen LogP contribution is 2.24. The molecule has 2 heterocycles. The van der Waals surface area contributed by atoms with Crippen LogP contribution >= 0.6 is 11.6 Å². The third kappa shape index (κ3) is 5.49. The second-order valence-corrected chi connectivity index (χ2v) is 8.76. The Kier molecular flexibility index (Phi) is 6.60. The fraction of sp³-hybridized carbons (Fsp3) is 0.280. The topological polar surface area (TPSA) is 75.0 Å². The lowest BCUT2D eigenvalue weighted by atomic mass is 10.1. The number of ether oxygens (including phenoxy) is 1. The van der Waals surface area contributed by atoms with Gasteiger partial charge in [-0.15, -0.1) is 0 Å².